The van der Waals surface area contributed by atoms with Crippen molar-refractivity contribution in [2.24, 2.45) is 10.6 Å². The van der Waals surface area contributed by atoms with E-state index in [4.69, 9.17) is 28.0 Å². The second-order valence-corrected chi connectivity index (χ2v) is 7.33. The minimum absolute atomic E-state index is 0.245. The van der Waals surface area contributed by atoms with Crippen LogP contribution in [0.2, 0.25) is 10.0 Å². The van der Waals surface area contributed by atoms with E-state index >= 15 is 0 Å². The first-order chi connectivity index (χ1) is 10.6. The van der Waals surface area contributed by atoms with Gasteiger partial charge in [0.25, 0.3) is 0 Å². The molecule has 0 bridgehead atoms. The van der Waals surface area contributed by atoms with Crippen LogP contribution in [0, 0.1) is 5.41 Å². The SMILES string of the molecule is O=C1CCCCC23CCCC12C(c1c(Cl)cccc1Cl)=NO3. The van der Waals surface area contributed by atoms with Crippen molar-refractivity contribution in [2.45, 2.75) is 50.5 Å². The average molecular weight is 338 g/mol. The smallest absolute Gasteiger partial charge is 0.155 e. The molecule has 1 heterocycles. The number of hydrogen-bond donors (Lipinski definition) is 0. The summed E-state index contributed by atoms with van der Waals surface area (Å²) in [5.74, 6) is 0.245. The lowest BCUT2D eigenvalue weighted by Gasteiger charge is -2.36. The molecule has 0 saturated heterocycles. The fourth-order valence-corrected chi connectivity index (χ4v) is 5.13. The largest absolute Gasteiger partial charge is 0.387 e. The Labute approximate surface area is 139 Å². The molecule has 2 fully saturated rings. The Morgan fingerprint density at radius 2 is 1.77 bits per heavy atom. The topological polar surface area (TPSA) is 38.7 Å². The van der Waals surface area contributed by atoms with Crippen molar-refractivity contribution < 1.29 is 9.63 Å². The summed E-state index contributed by atoms with van der Waals surface area (Å²) in [7, 11) is 0. The first-order valence-corrected chi connectivity index (χ1v) is 8.61. The number of oxime groups is 1. The zero-order chi connectivity index (χ0) is 15.4. The fraction of sp³-hybridized carbons (Fsp3) is 0.529. The summed E-state index contributed by atoms with van der Waals surface area (Å²) in [5.41, 5.74) is 0.202. The molecule has 3 aliphatic rings. The normalized spacial score (nSPS) is 33.7. The molecule has 1 aromatic rings. The molecule has 1 aromatic carbocycles. The molecule has 5 heteroatoms. The number of hydrogen-bond acceptors (Lipinski definition) is 3. The second-order valence-electron chi connectivity index (χ2n) is 6.51. The summed E-state index contributed by atoms with van der Waals surface area (Å²) in [6, 6.07) is 5.38. The van der Waals surface area contributed by atoms with Crippen LogP contribution in [0.3, 0.4) is 0 Å². The predicted octanol–water partition coefficient (Wildman–Crippen LogP) is 4.78. The minimum atomic E-state index is -0.655. The molecular weight excluding hydrogens is 321 g/mol. The molecule has 0 spiro atoms. The van der Waals surface area contributed by atoms with Gasteiger partial charge in [0.15, 0.2) is 5.60 Å². The van der Waals surface area contributed by atoms with E-state index in [9.17, 15) is 4.79 Å². The lowest BCUT2D eigenvalue weighted by atomic mass is 9.66. The highest BCUT2D eigenvalue weighted by Crippen LogP contribution is 2.60. The molecule has 0 aromatic heterocycles. The van der Waals surface area contributed by atoms with Crippen LogP contribution >= 0.6 is 23.2 Å². The highest BCUT2D eigenvalue weighted by Gasteiger charge is 2.68. The number of Topliss-reactive ketones (excluding diaryl/α,β-unsaturated/α-hetero) is 1. The van der Waals surface area contributed by atoms with Crippen molar-refractivity contribution in [3.63, 3.8) is 0 Å². The first kappa shape index (κ1) is 14.5. The summed E-state index contributed by atoms with van der Waals surface area (Å²) in [6.07, 6.45) is 6.05. The van der Waals surface area contributed by atoms with Crippen molar-refractivity contribution >= 4 is 34.7 Å². The van der Waals surface area contributed by atoms with Gasteiger partial charge < -0.3 is 4.84 Å². The van der Waals surface area contributed by atoms with Crippen LogP contribution in [0.5, 0.6) is 0 Å². The Bertz CT molecular complexity index is 667. The molecule has 2 atom stereocenters. The Morgan fingerprint density at radius 3 is 2.55 bits per heavy atom. The Morgan fingerprint density at radius 1 is 1.05 bits per heavy atom. The van der Waals surface area contributed by atoms with Crippen molar-refractivity contribution in [3.05, 3.63) is 33.8 Å². The van der Waals surface area contributed by atoms with E-state index in [0.717, 1.165) is 38.5 Å². The van der Waals surface area contributed by atoms with Gasteiger partial charge in [-0.25, -0.2) is 0 Å². The summed E-state index contributed by atoms with van der Waals surface area (Å²) in [6.45, 7) is 0. The van der Waals surface area contributed by atoms with Crippen molar-refractivity contribution in [2.75, 3.05) is 0 Å². The Hall–Kier alpha value is -1.06. The molecule has 0 radical (unpaired) electrons. The van der Waals surface area contributed by atoms with E-state index in [1.807, 2.05) is 0 Å². The molecule has 0 amide bonds. The molecule has 3 nitrogen and oxygen atoms in total. The van der Waals surface area contributed by atoms with Crippen LogP contribution in [0.25, 0.3) is 0 Å². The molecule has 0 N–H and O–H groups in total. The van der Waals surface area contributed by atoms with Crippen LogP contribution < -0.4 is 0 Å². The lowest BCUT2D eigenvalue weighted by Crippen LogP contribution is -2.50. The molecule has 116 valence electrons. The van der Waals surface area contributed by atoms with Crippen LogP contribution in [0.4, 0.5) is 0 Å². The molecule has 22 heavy (non-hydrogen) atoms. The minimum Gasteiger partial charge on any atom is -0.387 e. The quantitative estimate of drug-likeness (QED) is 0.739. The summed E-state index contributed by atoms with van der Waals surface area (Å²) in [5, 5.41) is 5.42. The lowest BCUT2D eigenvalue weighted by molar-refractivity contribution is -0.136. The van der Waals surface area contributed by atoms with E-state index in [1.54, 1.807) is 18.2 Å². The van der Waals surface area contributed by atoms with Gasteiger partial charge in [0, 0.05) is 12.0 Å². The third-order valence-corrected chi connectivity index (χ3v) is 6.17. The number of benzene rings is 1. The van der Waals surface area contributed by atoms with Crippen molar-refractivity contribution in [1.82, 2.24) is 0 Å². The number of rotatable bonds is 1. The van der Waals surface area contributed by atoms with Gasteiger partial charge in [0.2, 0.25) is 0 Å². The number of nitrogens with zero attached hydrogens (tertiary/aromatic N) is 1. The second kappa shape index (κ2) is 4.97. The Kier molecular flexibility index (Phi) is 3.28. The number of ketones is 1. The van der Waals surface area contributed by atoms with Gasteiger partial charge in [-0.15, -0.1) is 0 Å². The third-order valence-electron chi connectivity index (χ3n) is 5.54. The number of carbonyl (C=O) groups is 1. The van der Waals surface area contributed by atoms with Crippen molar-refractivity contribution in [1.29, 1.82) is 0 Å². The monoisotopic (exact) mass is 337 g/mol. The highest BCUT2D eigenvalue weighted by molar-refractivity contribution is 6.41. The van der Waals surface area contributed by atoms with E-state index in [-0.39, 0.29) is 5.78 Å². The molecule has 2 aliphatic carbocycles. The highest BCUT2D eigenvalue weighted by atomic mass is 35.5. The van der Waals surface area contributed by atoms with E-state index in [1.165, 1.54) is 0 Å². The third kappa shape index (κ3) is 1.70. The van der Waals surface area contributed by atoms with Crippen molar-refractivity contribution in [3.8, 4) is 0 Å². The maximum Gasteiger partial charge on any atom is 0.155 e. The molecule has 2 saturated carbocycles. The first-order valence-electron chi connectivity index (χ1n) is 7.85. The van der Waals surface area contributed by atoms with Crippen LogP contribution in [0.15, 0.2) is 23.4 Å². The van der Waals surface area contributed by atoms with E-state index in [2.05, 4.69) is 5.16 Å². The number of carbonyl (C=O) groups excluding carboxylic acids is 1. The van der Waals surface area contributed by atoms with E-state index < -0.39 is 11.0 Å². The molecule has 4 rings (SSSR count). The predicted molar refractivity (Wildman–Crippen MR) is 86.6 cm³/mol. The Balaban J connectivity index is 1.93. The zero-order valence-electron chi connectivity index (χ0n) is 12.2. The maximum atomic E-state index is 13.1. The zero-order valence-corrected chi connectivity index (χ0v) is 13.7. The summed E-state index contributed by atoms with van der Waals surface area (Å²) >= 11 is 12.8. The van der Waals surface area contributed by atoms with Gasteiger partial charge in [0.1, 0.15) is 16.9 Å². The van der Waals surface area contributed by atoms with Gasteiger partial charge >= 0.3 is 0 Å². The van der Waals surface area contributed by atoms with Crippen LogP contribution in [-0.2, 0) is 9.63 Å². The summed E-state index contributed by atoms with van der Waals surface area (Å²) in [4.78, 5) is 19.0. The van der Waals surface area contributed by atoms with Gasteiger partial charge in [-0.05, 0) is 50.7 Å². The summed E-state index contributed by atoms with van der Waals surface area (Å²) < 4.78 is 0. The van der Waals surface area contributed by atoms with Gasteiger partial charge in [-0.3, -0.25) is 4.79 Å². The maximum absolute atomic E-state index is 13.1. The van der Waals surface area contributed by atoms with Gasteiger partial charge in [0.05, 0.1) is 10.0 Å². The van der Waals surface area contributed by atoms with E-state index in [0.29, 0.717) is 27.7 Å². The van der Waals surface area contributed by atoms with Gasteiger partial charge in [-0.1, -0.05) is 34.4 Å². The average Bonchev–Trinajstić information content (AvgIpc) is 2.95. The number of halogens is 2. The van der Waals surface area contributed by atoms with Gasteiger partial charge in [-0.2, -0.15) is 0 Å². The van der Waals surface area contributed by atoms with Crippen LogP contribution in [-0.4, -0.2) is 17.1 Å². The molecule has 2 unspecified atom stereocenters. The molecular formula is C17H17Cl2NO2. The fourth-order valence-electron chi connectivity index (χ4n) is 4.55. The standard InChI is InChI=1S/C17H17Cl2NO2/c18-11-5-3-6-12(19)14(11)15-17-10-4-9-16(17,22-20-15)8-2-1-7-13(17)21/h3,5-6H,1-2,4,7-10H2. The van der Waals surface area contributed by atoms with Crippen LogP contribution in [0.1, 0.15) is 50.5 Å². The molecule has 1 aliphatic heterocycles.